The summed E-state index contributed by atoms with van der Waals surface area (Å²) in [4.78, 5) is 8.04. The third-order valence-corrected chi connectivity index (χ3v) is 3.67. The van der Waals surface area contributed by atoms with Crippen molar-refractivity contribution >= 4 is 11.3 Å². The molecule has 0 aliphatic rings. The van der Waals surface area contributed by atoms with Crippen molar-refractivity contribution in [3.05, 3.63) is 16.1 Å². The molecule has 0 saturated heterocycles. The van der Waals surface area contributed by atoms with E-state index in [1.165, 1.54) is 36.4 Å². The zero-order valence-corrected chi connectivity index (χ0v) is 11.2. The van der Waals surface area contributed by atoms with E-state index in [0.717, 1.165) is 19.5 Å². The van der Waals surface area contributed by atoms with Crippen LogP contribution in [0.5, 0.6) is 0 Å². The Labute approximate surface area is 103 Å². The van der Waals surface area contributed by atoms with Crippen molar-refractivity contribution < 1.29 is 0 Å². The first-order valence-corrected chi connectivity index (χ1v) is 6.89. The summed E-state index contributed by atoms with van der Waals surface area (Å²) in [6.07, 6.45) is 5.00. The van der Waals surface area contributed by atoms with Gasteiger partial charge in [-0.2, -0.15) is 0 Å². The second-order valence-electron chi connectivity index (χ2n) is 4.30. The molecule has 0 atom stereocenters. The first-order valence-electron chi connectivity index (χ1n) is 6.01. The molecule has 92 valence electrons. The van der Waals surface area contributed by atoms with Crippen molar-refractivity contribution in [3.63, 3.8) is 0 Å². The lowest BCUT2D eigenvalue weighted by atomic mass is 10.2. The highest BCUT2D eigenvalue weighted by molar-refractivity contribution is 7.09. The van der Waals surface area contributed by atoms with Gasteiger partial charge >= 0.3 is 0 Å². The van der Waals surface area contributed by atoms with Crippen LogP contribution in [0.1, 0.15) is 36.3 Å². The predicted molar refractivity (Wildman–Crippen MR) is 70.7 cm³/mol. The van der Waals surface area contributed by atoms with Gasteiger partial charge in [-0.1, -0.05) is 12.8 Å². The van der Waals surface area contributed by atoms with Gasteiger partial charge in [-0.15, -0.1) is 11.3 Å². The summed E-state index contributed by atoms with van der Waals surface area (Å²) in [5.74, 6) is 0. The number of thiazole rings is 1. The van der Waals surface area contributed by atoms with Gasteiger partial charge in [-0.3, -0.25) is 0 Å². The lowest BCUT2D eigenvalue weighted by molar-refractivity contribution is 0.319. The van der Waals surface area contributed by atoms with E-state index in [4.69, 9.17) is 5.73 Å². The standard InChI is InChI=1S/C12H23N3S/c1-11-12(16-10-14-11)9-15(2)8-6-4-3-5-7-13/h10H,3-9,13H2,1-2H3. The van der Waals surface area contributed by atoms with Crippen molar-refractivity contribution in [1.29, 1.82) is 0 Å². The molecular weight excluding hydrogens is 218 g/mol. The van der Waals surface area contributed by atoms with Crippen molar-refractivity contribution in [3.8, 4) is 0 Å². The van der Waals surface area contributed by atoms with Crippen LogP contribution < -0.4 is 5.73 Å². The van der Waals surface area contributed by atoms with Crippen molar-refractivity contribution in [2.24, 2.45) is 5.73 Å². The van der Waals surface area contributed by atoms with E-state index in [1.54, 1.807) is 11.3 Å². The zero-order chi connectivity index (χ0) is 11.8. The Balaban J connectivity index is 2.11. The highest BCUT2D eigenvalue weighted by Crippen LogP contribution is 2.14. The molecule has 3 nitrogen and oxygen atoms in total. The third kappa shape index (κ3) is 5.05. The number of hydrogen-bond acceptors (Lipinski definition) is 4. The van der Waals surface area contributed by atoms with E-state index in [9.17, 15) is 0 Å². The van der Waals surface area contributed by atoms with Crippen LogP contribution in [0.2, 0.25) is 0 Å². The van der Waals surface area contributed by atoms with Crippen LogP contribution in [-0.2, 0) is 6.54 Å². The van der Waals surface area contributed by atoms with Gasteiger partial charge in [0.25, 0.3) is 0 Å². The average molecular weight is 241 g/mol. The third-order valence-electron chi connectivity index (χ3n) is 2.75. The number of aromatic nitrogens is 1. The number of rotatable bonds is 8. The fourth-order valence-electron chi connectivity index (χ4n) is 1.68. The first-order chi connectivity index (χ1) is 7.74. The highest BCUT2D eigenvalue weighted by atomic mass is 32.1. The van der Waals surface area contributed by atoms with Crippen LogP contribution >= 0.6 is 11.3 Å². The zero-order valence-electron chi connectivity index (χ0n) is 10.4. The topological polar surface area (TPSA) is 42.2 Å². The number of hydrogen-bond donors (Lipinski definition) is 1. The van der Waals surface area contributed by atoms with Gasteiger partial charge in [0.15, 0.2) is 0 Å². The molecule has 0 bridgehead atoms. The molecule has 1 aromatic rings. The molecule has 0 aliphatic carbocycles. The fourth-order valence-corrected chi connectivity index (χ4v) is 2.54. The summed E-state index contributed by atoms with van der Waals surface area (Å²) in [7, 11) is 2.18. The monoisotopic (exact) mass is 241 g/mol. The Kier molecular flexibility index (Phi) is 6.61. The molecule has 0 saturated carbocycles. The molecule has 0 amide bonds. The largest absolute Gasteiger partial charge is 0.330 e. The van der Waals surface area contributed by atoms with Gasteiger partial charge in [0, 0.05) is 11.4 Å². The van der Waals surface area contributed by atoms with E-state index in [0.29, 0.717) is 0 Å². The lowest BCUT2D eigenvalue weighted by Crippen LogP contribution is -2.19. The molecule has 0 spiro atoms. The number of nitrogens with two attached hydrogens (primary N) is 1. The highest BCUT2D eigenvalue weighted by Gasteiger charge is 2.04. The van der Waals surface area contributed by atoms with E-state index in [2.05, 4.69) is 23.9 Å². The van der Waals surface area contributed by atoms with Gasteiger partial charge in [-0.05, 0) is 39.9 Å². The minimum absolute atomic E-state index is 0.829. The van der Waals surface area contributed by atoms with Gasteiger partial charge in [0.05, 0.1) is 11.2 Å². The first kappa shape index (κ1) is 13.6. The molecule has 0 aromatic carbocycles. The van der Waals surface area contributed by atoms with Crippen LogP contribution in [0, 0.1) is 6.92 Å². The van der Waals surface area contributed by atoms with Crippen LogP contribution in [0.4, 0.5) is 0 Å². The van der Waals surface area contributed by atoms with E-state index < -0.39 is 0 Å². The molecule has 1 rings (SSSR count). The molecular formula is C12H23N3S. The van der Waals surface area contributed by atoms with Crippen molar-refractivity contribution in [2.75, 3.05) is 20.1 Å². The van der Waals surface area contributed by atoms with Gasteiger partial charge in [0.1, 0.15) is 0 Å². The maximum absolute atomic E-state index is 5.46. The minimum atomic E-state index is 0.829. The van der Waals surface area contributed by atoms with Gasteiger partial charge in [0.2, 0.25) is 0 Å². The second kappa shape index (κ2) is 7.76. The predicted octanol–water partition coefficient (Wildman–Crippen LogP) is 2.40. The average Bonchev–Trinajstić information content (AvgIpc) is 2.64. The lowest BCUT2D eigenvalue weighted by Gasteiger charge is -2.15. The Bertz CT molecular complexity index is 286. The van der Waals surface area contributed by atoms with Gasteiger partial charge in [-0.25, -0.2) is 4.98 Å². The van der Waals surface area contributed by atoms with Crippen LogP contribution in [0.15, 0.2) is 5.51 Å². The molecule has 0 radical (unpaired) electrons. The minimum Gasteiger partial charge on any atom is -0.330 e. The summed E-state index contributed by atoms with van der Waals surface area (Å²) in [5.41, 5.74) is 8.57. The quantitative estimate of drug-likeness (QED) is 0.711. The maximum Gasteiger partial charge on any atom is 0.0798 e. The molecule has 1 aromatic heterocycles. The fraction of sp³-hybridized carbons (Fsp3) is 0.750. The van der Waals surface area contributed by atoms with Gasteiger partial charge < -0.3 is 10.6 Å². The molecule has 0 aliphatic heterocycles. The molecule has 16 heavy (non-hydrogen) atoms. The Morgan fingerprint density at radius 2 is 2.06 bits per heavy atom. The second-order valence-corrected chi connectivity index (χ2v) is 5.24. The summed E-state index contributed by atoms with van der Waals surface area (Å²) in [6.45, 7) is 5.12. The maximum atomic E-state index is 5.46. The molecule has 0 unspecified atom stereocenters. The summed E-state index contributed by atoms with van der Waals surface area (Å²) >= 11 is 1.76. The Morgan fingerprint density at radius 1 is 1.31 bits per heavy atom. The van der Waals surface area contributed by atoms with Crippen LogP contribution in [0.25, 0.3) is 0 Å². The Hall–Kier alpha value is -0.450. The summed E-state index contributed by atoms with van der Waals surface area (Å²) < 4.78 is 0. The molecule has 0 fully saturated rings. The number of aryl methyl sites for hydroxylation is 1. The van der Waals surface area contributed by atoms with Crippen LogP contribution in [0.3, 0.4) is 0 Å². The van der Waals surface area contributed by atoms with Crippen LogP contribution in [-0.4, -0.2) is 30.0 Å². The molecule has 2 N–H and O–H groups in total. The van der Waals surface area contributed by atoms with Crippen molar-refractivity contribution in [2.45, 2.75) is 39.2 Å². The summed E-state index contributed by atoms with van der Waals surface area (Å²) in [6, 6.07) is 0. The SMILES string of the molecule is Cc1ncsc1CN(C)CCCCCCN. The summed E-state index contributed by atoms with van der Waals surface area (Å²) in [5, 5.41) is 0. The normalized spacial score (nSPS) is 11.2. The van der Waals surface area contributed by atoms with E-state index in [-0.39, 0.29) is 0 Å². The molecule has 4 heteroatoms. The smallest absolute Gasteiger partial charge is 0.0798 e. The number of nitrogens with zero attached hydrogens (tertiary/aromatic N) is 2. The van der Waals surface area contributed by atoms with Crippen molar-refractivity contribution in [1.82, 2.24) is 9.88 Å². The molecule has 1 heterocycles. The Morgan fingerprint density at radius 3 is 2.69 bits per heavy atom. The van der Waals surface area contributed by atoms with E-state index >= 15 is 0 Å². The van der Waals surface area contributed by atoms with E-state index in [1.807, 2.05) is 5.51 Å². The number of unbranched alkanes of at least 4 members (excludes halogenated alkanes) is 3.